The third kappa shape index (κ3) is 4.32. The number of esters is 1. The molecule has 2 aromatic rings. The SMILES string of the molecule is COC(=O)CCNC(=O)c1c(C)nn(Cc2ccccc2)c1Cl. The minimum absolute atomic E-state index is 0.108. The molecule has 6 nitrogen and oxygen atoms in total. The maximum absolute atomic E-state index is 12.2. The Hall–Kier alpha value is -2.34. The second-order valence-corrected chi connectivity index (χ2v) is 5.33. The molecular weight excluding hydrogens is 318 g/mol. The monoisotopic (exact) mass is 335 g/mol. The van der Waals surface area contributed by atoms with Gasteiger partial charge in [-0.1, -0.05) is 41.9 Å². The predicted molar refractivity (Wildman–Crippen MR) is 86.5 cm³/mol. The maximum atomic E-state index is 12.2. The van der Waals surface area contributed by atoms with E-state index in [1.165, 1.54) is 7.11 Å². The first kappa shape index (κ1) is 17.0. The van der Waals surface area contributed by atoms with Gasteiger partial charge in [0.2, 0.25) is 0 Å². The smallest absolute Gasteiger partial charge is 0.307 e. The van der Waals surface area contributed by atoms with Crippen LogP contribution in [0.1, 0.15) is 28.0 Å². The molecule has 122 valence electrons. The van der Waals surface area contributed by atoms with Crippen LogP contribution < -0.4 is 5.32 Å². The fourth-order valence-electron chi connectivity index (χ4n) is 2.14. The number of aromatic nitrogens is 2. The molecule has 0 aliphatic rings. The molecule has 0 unspecified atom stereocenters. The highest BCUT2D eigenvalue weighted by Gasteiger charge is 2.20. The summed E-state index contributed by atoms with van der Waals surface area (Å²) in [5.41, 5.74) is 1.91. The summed E-state index contributed by atoms with van der Waals surface area (Å²) >= 11 is 6.29. The van der Waals surface area contributed by atoms with Gasteiger partial charge in [-0.25, -0.2) is 4.68 Å². The van der Waals surface area contributed by atoms with Crippen LogP contribution in [0.3, 0.4) is 0 Å². The van der Waals surface area contributed by atoms with Crippen LogP contribution in [0.4, 0.5) is 0 Å². The zero-order chi connectivity index (χ0) is 16.8. The lowest BCUT2D eigenvalue weighted by Crippen LogP contribution is -2.26. The molecule has 1 amide bonds. The van der Waals surface area contributed by atoms with Gasteiger partial charge < -0.3 is 10.1 Å². The van der Waals surface area contributed by atoms with Crippen molar-refractivity contribution in [3.8, 4) is 0 Å². The summed E-state index contributed by atoms with van der Waals surface area (Å²) in [7, 11) is 1.30. The summed E-state index contributed by atoms with van der Waals surface area (Å²) in [6.45, 7) is 2.39. The topological polar surface area (TPSA) is 73.2 Å². The summed E-state index contributed by atoms with van der Waals surface area (Å²) in [6, 6.07) is 9.71. The van der Waals surface area contributed by atoms with Crippen molar-refractivity contribution in [1.29, 1.82) is 0 Å². The van der Waals surface area contributed by atoms with Gasteiger partial charge in [0.1, 0.15) is 5.15 Å². The molecule has 7 heteroatoms. The highest BCUT2D eigenvalue weighted by molar-refractivity contribution is 6.33. The minimum Gasteiger partial charge on any atom is -0.469 e. The number of nitrogens with one attached hydrogen (secondary N) is 1. The van der Waals surface area contributed by atoms with Crippen LogP contribution in [-0.4, -0.2) is 35.3 Å². The van der Waals surface area contributed by atoms with Gasteiger partial charge in [-0.2, -0.15) is 5.10 Å². The maximum Gasteiger partial charge on any atom is 0.307 e. The van der Waals surface area contributed by atoms with Crippen LogP contribution >= 0.6 is 11.6 Å². The van der Waals surface area contributed by atoms with Crippen LogP contribution in [0.25, 0.3) is 0 Å². The van der Waals surface area contributed by atoms with E-state index in [0.29, 0.717) is 17.8 Å². The summed E-state index contributed by atoms with van der Waals surface area (Å²) in [5, 5.41) is 7.24. The summed E-state index contributed by atoms with van der Waals surface area (Å²) < 4.78 is 6.11. The number of nitrogens with zero attached hydrogens (tertiary/aromatic N) is 2. The van der Waals surface area contributed by atoms with E-state index in [1.54, 1.807) is 11.6 Å². The molecule has 0 radical (unpaired) electrons. The minimum atomic E-state index is -0.382. The van der Waals surface area contributed by atoms with Crippen molar-refractivity contribution in [2.45, 2.75) is 19.9 Å². The second-order valence-electron chi connectivity index (χ2n) is 4.98. The van der Waals surface area contributed by atoms with E-state index in [1.807, 2.05) is 30.3 Å². The second kappa shape index (κ2) is 7.78. The Balaban J connectivity index is 2.08. The van der Waals surface area contributed by atoms with Crippen molar-refractivity contribution in [2.75, 3.05) is 13.7 Å². The lowest BCUT2D eigenvalue weighted by Gasteiger charge is -2.05. The van der Waals surface area contributed by atoms with Crippen molar-refractivity contribution in [3.63, 3.8) is 0 Å². The number of hydrogen-bond acceptors (Lipinski definition) is 4. The molecular formula is C16H18ClN3O3. The zero-order valence-electron chi connectivity index (χ0n) is 13.0. The molecule has 0 saturated heterocycles. The van der Waals surface area contributed by atoms with E-state index in [2.05, 4.69) is 15.2 Å². The Morgan fingerprint density at radius 2 is 2.00 bits per heavy atom. The predicted octanol–water partition coefficient (Wildman–Crippen LogP) is 2.19. The molecule has 0 aliphatic heterocycles. The van der Waals surface area contributed by atoms with Crippen LogP contribution in [0.15, 0.2) is 30.3 Å². The Morgan fingerprint density at radius 1 is 1.30 bits per heavy atom. The van der Waals surface area contributed by atoms with Crippen molar-refractivity contribution >= 4 is 23.5 Å². The van der Waals surface area contributed by atoms with Crippen molar-refractivity contribution in [1.82, 2.24) is 15.1 Å². The lowest BCUT2D eigenvalue weighted by molar-refractivity contribution is -0.140. The van der Waals surface area contributed by atoms with Gasteiger partial charge >= 0.3 is 5.97 Å². The average molecular weight is 336 g/mol. The summed E-state index contributed by atoms with van der Waals surface area (Å²) in [4.78, 5) is 23.3. The van der Waals surface area contributed by atoms with E-state index in [-0.39, 0.29) is 30.0 Å². The van der Waals surface area contributed by atoms with Crippen LogP contribution in [0, 0.1) is 6.92 Å². The molecule has 23 heavy (non-hydrogen) atoms. The van der Waals surface area contributed by atoms with E-state index >= 15 is 0 Å². The standard InChI is InChI=1S/C16H18ClN3O3/c1-11-14(16(22)18-9-8-13(21)23-2)15(17)20(19-11)10-12-6-4-3-5-7-12/h3-7H,8-10H2,1-2H3,(H,18,22). The Kier molecular flexibility index (Phi) is 5.76. The Bertz CT molecular complexity index is 698. The lowest BCUT2D eigenvalue weighted by atomic mass is 10.2. The first-order valence-corrected chi connectivity index (χ1v) is 7.52. The average Bonchev–Trinajstić information content (AvgIpc) is 2.82. The summed E-state index contributed by atoms with van der Waals surface area (Å²) in [6.07, 6.45) is 0.108. The van der Waals surface area contributed by atoms with Crippen molar-refractivity contribution in [3.05, 3.63) is 52.3 Å². The van der Waals surface area contributed by atoms with Crippen molar-refractivity contribution < 1.29 is 14.3 Å². The normalized spacial score (nSPS) is 10.4. The van der Waals surface area contributed by atoms with Gasteiger partial charge in [0.25, 0.3) is 5.91 Å². The van der Waals surface area contributed by atoms with Gasteiger partial charge in [-0.05, 0) is 12.5 Å². The number of halogens is 1. The molecule has 0 saturated carbocycles. The molecule has 1 N–H and O–H groups in total. The van der Waals surface area contributed by atoms with Gasteiger partial charge in [-0.15, -0.1) is 0 Å². The van der Waals surface area contributed by atoms with Gasteiger partial charge in [0.05, 0.1) is 31.3 Å². The molecule has 1 aromatic carbocycles. The number of ether oxygens (including phenoxy) is 1. The number of rotatable bonds is 6. The number of hydrogen-bond donors (Lipinski definition) is 1. The fraction of sp³-hybridized carbons (Fsp3) is 0.312. The third-order valence-electron chi connectivity index (χ3n) is 3.31. The molecule has 0 atom stereocenters. The first-order valence-electron chi connectivity index (χ1n) is 7.14. The molecule has 1 heterocycles. The molecule has 1 aromatic heterocycles. The summed E-state index contributed by atoms with van der Waals surface area (Å²) in [5.74, 6) is -0.733. The highest BCUT2D eigenvalue weighted by atomic mass is 35.5. The highest BCUT2D eigenvalue weighted by Crippen LogP contribution is 2.20. The third-order valence-corrected chi connectivity index (χ3v) is 3.69. The van der Waals surface area contributed by atoms with Gasteiger partial charge in [0, 0.05) is 6.54 Å². The van der Waals surface area contributed by atoms with E-state index in [0.717, 1.165) is 5.56 Å². The van der Waals surface area contributed by atoms with Crippen LogP contribution in [0.2, 0.25) is 5.15 Å². The quantitative estimate of drug-likeness (QED) is 0.821. The van der Waals surface area contributed by atoms with Gasteiger partial charge in [-0.3, -0.25) is 9.59 Å². The number of amides is 1. The van der Waals surface area contributed by atoms with E-state index in [4.69, 9.17) is 11.6 Å². The molecule has 0 bridgehead atoms. The number of carbonyl (C=O) groups excluding carboxylic acids is 2. The molecule has 0 fully saturated rings. The number of aryl methyl sites for hydroxylation is 1. The largest absolute Gasteiger partial charge is 0.469 e. The molecule has 0 aliphatic carbocycles. The van der Waals surface area contributed by atoms with Crippen molar-refractivity contribution in [2.24, 2.45) is 0 Å². The molecule has 2 rings (SSSR count). The molecule has 0 spiro atoms. The van der Waals surface area contributed by atoms with E-state index < -0.39 is 0 Å². The number of benzene rings is 1. The number of methoxy groups -OCH3 is 1. The Labute approximate surface area is 139 Å². The van der Waals surface area contributed by atoms with Crippen LogP contribution in [0.5, 0.6) is 0 Å². The Morgan fingerprint density at radius 3 is 2.65 bits per heavy atom. The fourth-order valence-corrected chi connectivity index (χ4v) is 2.46. The van der Waals surface area contributed by atoms with E-state index in [9.17, 15) is 9.59 Å². The zero-order valence-corrected chi connectivity index (χ0v) is 13.8. The number of carbonyl (C=O) groups is 2. The van der Waals surface area contributed by atoms with Crippen LogP contribution in [-0.2, 0) is 16.1 Å². The first-order chi connectivity index (χ1) is 11.0. The van der Waals surface area contributed by atoms with Gasteiger partial charge in [0.15, 0.2) is 0 Å².